The van der Waals surface area contributed by atoms with Gasteiger partial charge in [-0.3, -0.25) is 9.79 Å². The van der Waals surface area contributed by atoms with Crippen LogP contribution in [0.15, 0.2) is 28.2 Å². The summed E-state index contributed by atoms with van der Waals surface area (Å²) in [7, 11) is 0. The van der Waals surface area contributed by atoms with E-state index in [1.807, 2.05) is 13.8 Å². The number of aliphatic imine (C=N–C) groups is 1. The molecule has 0 unspecified atom stereocenters. The van der Waals surface area contributed by atoms with Crippen molar-refractivity contribution in [2.45, 2.75) is 13.8 Å². The van der Waals surface area contributed by atoms with Crippen LogP contribution >= 0.6 is 15.9 Å². The molecule has 0 spiro atoms. The number of benzene rings is 1. The first-order chi connectivity index (χ1) is 7.65. The van der Waals surface area contributed by atoms with Crippen LogP contribution in [0.4, 0.5) is 5.69 Å². The van der Waals surface area contributed by atoms with E-state index in [0.717, 1.165) is 10.0 Å². The summed E-state index contributed by atoms with van der Waals surface area (Å²) in [5, 5.41) is 2.64. The maximum Gasteiger partial charge on any atom is 0.256 e. The summed E-state index contributed by atoms with van der Waals surface area (Å²) in [5.41, 5.74) is 2.57. The third-order valence-electron chi connectivity index (χ3n) is 2.10. The van der Waals surface area contributed by atoms with Gasteiger partial charge < -0.3 is 5.32 Å². The molecule has 1 aromatic rings. The molecule has 3 nitrogen and oxygen atoms in total. The summed E-state index contributed by atoms with van der Waals surface area (Å²) < 4.78 is 0.809. The second-order valence-electron chi connectivity index (χ2n) is 2.91. The average molecular weight is 281 g/mol. The van der Waals surface area contributed by atoms with Crippen LogP contribution in [-0.4, -0.2) is 12.6 Å². The molecule has 0 radical (unpaired) electrons. The van der Waals surface area contributed by atoms with Crippen LogP contribution in [0, 0.1) is 0 Å². The number of nitrogens with zero attached hydrogens (tertiary/aromatic N) is 1. The molecule has 0 atom stereocenters. The fourth-order valence-corrected chi connectivity index (χ4v) is 1.94. The molecule has 0 saturated heterocycles. The van der Waals surface area contributed by atoms with Gasteiger partial charge in [0.15, 0.2) is 0 Å². The maximum absolute atomic E-state index is 11.4. The van der Waals surface area contributed by atoms with Crippen LogP contribution in [0.25, 0.3) is 5.70 Å². The Hall–Kier alpha value is -1.42. The van der Waals surface area contributed by atoms with Gasteiger partial charge >= 0.3 is 0 Å². The molecule has 16 heavy (non-hydrogen) atoms. The molecular formula is C12H13BrN2O. The van der Waals surface area contributed by atoms with Gasteiger partial charge in [-0.05, 0) is 34.8 Å². The van der Waals surface area contributed by atoms with E-state index in [1.54, 1.807) is 12.1 Å². The van der Waals surface area contributed by atoms with Crippen LogP contribution in [0.3, 0.4) is 0 Å². The van der Waals surface area contributed by atoms with E-state index in [4.69, 9.17) is 0 Å². The lowest BCUT2D eigenvalue weighted by Gasteiger charge is -2.04. The second kappa shape index (κ2) is 5.07. The van der Waals surface area contributed by atoms with E-state index in [1.165, 1.54) is 0 Å². The molecule has 1 heterocycles. The lowest BCUT2D eigenvalue weighted by molar-refractivity contribution is 0.0981. The van der Waals surface area contributed by atoms with Crippen LogP contribution in [0.5, 0.6) is 0 Å². The normalized spacial score (nSPS) is 12.4. The molecule has 1 aromatic carbocycles. The van der Waals surface area contributed by atoms with E-state index in [9.17, 15) is 4.79 Å². The lowest BCUT2D eigenvalue weighted by atomic mass is 10.1. The van der Waals surface area contributed by atoms with Gasteiger partial charge in [-0.25, -0.2) is 0 Å². The SMILES string of the molecule is C=Nc1c(Br)ccc2c1C(=C)NC2=O.CC. The summed E-state index contributed by atoms with van der Waals surface area (Å²) in [6, 6.07) is 3.52. The number of carbonyl (C=O) groups excluding carboxylic acids is 1. The van der Waals surface area contributed by atoms with Crippen molar-refractivity contribution in [3.05, 3.63) is 34.3 Å². The van der Waals surface area contributed by atoms with Gasteiger partial charge in [0.05, 0.1) is 11.3 Å². The van der Waals surface area contributed by atoms with Gasteiger partial charge in [-0.15, -0.1) is 0 Å². The van der Waals surface area contributed by atoms with Crippen molar-refractivity contribution < 1.29 is 4.79 Å². The maximum atomic E-state index is 11.4. The predicted molar refractivity (Wildman–Crippen MR) is 71.2 cm³/mol. The molecule has 0 bridgehead atoms. The first-order valence-electron chi connectivity index (χ1n) is 4.95. The lowest BCUT2D eigenvalue weighted by Crippen LogP contribution is -2.11. The standard InChI is InChI=1S/C10H7BrN2O.C2H6/c1-5-8-6(10(14)13-5)3-4-7(11)9(8)12-2;1-2/h3-4H,1-2H2,(H,13,14);1-2H3. The predicted octanol–water partition coefficient (Wildman–Crippen LogP) is 3.52. The Morgan fingerprint density at radius 3 is 2.56 bits per heavy atom. The largest absolute Gasteiger partial charge is 0.322 e. The number of hydrogen-bond acceptors (Lipinski definition) is 2. The summed E-state index contributed by atoms with van der Waals surface area (Å²) in [4.78, 5) is 15.3. The first-order valence-corrected chi connectivity index (χ1v) is 5.74. The fourth-order valence-electron chi connectivity index (χ4n) is 1.48. The monoisotopic (exact) mass is 280 g/mol. The Balaban J connectivity index is 0.000000606. The summed E-state index contributed by atoms with van der Waals surface area (Å²) in [6.07, 6.45) is 0. The molecule has 1 amide bonds. The molecule has 84 valence electrons. The molecular weight excluding hydrogens is 268 g/mol. The number of nitrogens with one attached hydrogen (secondary N) is 1. The number of amides is 1. The molecule has 1 aliphatic rings. The first kappa shape index (κ1) is 12.6. The highest BCUT2D eigenvalue weighted by Crippen LogP contribution is 2.37. The quantitative estimate of drug-likeness (QED) is 0.786. The highest BCUT2D eigenvalue weighted by atomic mass is 79.9. The second-order valence-corrected chi connectivity index (χ2v) is 3.76. The average Bonchev–Trinajstić information content (AvgIpc) is 2.57. The highest BCUT2D eigenvalue weighted by Gasteiger charge is 2.25. The summed E-state index contributed by atoms with van der Waals surface area (Å²) >= 11 is 3.34. The van der Waals surface area contributed by atoms with Crippen molar-refractivity contribution in [1.82, 2.24) is 5.32 Å². The molecule has 2 rings (SSSR count). The van der Waals surface area contributed by atoms with E-state index in [-0.39, 0.29) is 5.91 Å². The zero-order valence-corrected chi connectivity index (χ0v) is 10.9. The summed E-state index contributed by atoms with van der Waals surface area (Å²) in [5.74, 6) is -0.137. The Kier molecular flexibility index (Phi) is 4.01. The van der Waals surface area contributed by atoms with Crippen LogP contribution < -0.4 is 5.32 Å². The Labute approximate surface area is 103 Å². The summed E-state index contributed by atoms with van der Waals surface area (Å²) in [6.45, 7) is 11.2. The minimum absolute atomic E-state index is 0.137. The van der Waals surface area contributed by atoms with E-state index < -0.39 is 0 Å². The Morgan fingerprint density at radius 1 is 1.38 bits per heavy atom. The molecule has 0 saturated carbocycles. The van der Waals surface area contributed by atoms with Gasteiger partial charge in [0, 0.05) is 15.7 Å². The minimum Gasteiger partial charge on any atom is -0.322 e. The molecule has 1 aliphatic heterocycles. The molecule has 0 fully saturated rings. The van der Waals surface area contributed by atoms with E-state index in [2.05, 4.69) is 39.5 Å². The van der Waals surface area contributed by atoms with E-state index in [0.29, 0.717) is 16.9 Å². The van der Waals surface area contributed by atoms with Gasteiger partial charge in [0.2, 0.25) is 0 Å². The van der Waals surface area contributed by atoms with Crippen molar-refractivity contribution in [3.63, 3.8) is 0 Å². The molecule has 4 heteroatoms. The van der Waals surface area contributed by atoms with Crippen molar-refractivity contribution in [2.75, 3.05) is 0 Å². The smallest absolute Gasteiger partial charge is 0.256 e. The topological polar surface area (TPSA) is 41.5 Å². The van der Waals surface area contributed by atoms with Crippen molar-refractivity contribution in [3.8, 4) is 0 Å². The van der Waals surface area contributed by atoms with Crippen molar-refractivity contribution in [2.24, 2.45) is 4.99 Å². The fraction of sp³-hybridized carbons (Fsp3) is 0.167. The molecule has 0 aliphatic carbocycles. The van der Waals surface area contributed by atoms with Gasteiger partial charge in [-0.2, -0.15) is 0 Å². The number of halogens is 1. The number of rotatable bonds is 1. The van der Waals surface area contributed by atoms with Crippen LogP contribution in [0.1, 0.15) is 29.8 Å². The van der Waals surface area contributed by atoms with Crippen LogP contribution in [-0.2, 0) is 0 Å². The zero-order chi connectivity index (χ0) is 12.3. The Bertz CT molecular complexity index is 466. The number of hydrogen-bond donors (Lipinski definition) is 1. The van der Waals surface area contributed by atoms with Gasteiger partial charge in [0.1, 0.15) is 0 Å². The molecule has 0 aromatic heterocycles. The number of fused-ring (bicyclic) bond motifs is 1. The third kappa shape index (κ3) is 1.93. The number of carbonyl (C=O) groups is 1. The highest BCUT2D eigenvalue weighted by molar-refractivity contribution is 9.10. The van der Waals surface area contributed by atoms with Crippen LogP contribution in [0.2, 0.25) is 0 Å². The van der Waals surface area contributed by atoms with E-state index >= 15 is 0 Å². The van der Waals surface area contributed by atoms with Gasteiger partial charge in [-0.1, -0.05) is 20.4 Å². The third-order valence-corrected chi connectivity index (χ3v) is 2.74. The Morgan fingerprint density at radius 2 is 2.00 bits per heavy atom. The van der Waals surface area contributed by atoms with Gasteiger partial charge in [0.25, 0.3) is 5.91 Å². The zero-order valence-electron chi connectivity index (χ0n) is 9.30. The van der Waals surface area contributed by atoms with Crippen molar-refractivity contribution in [1.29, 1.82) is 0 Å². The minimum atomic E-state index is -0.137. The van der Waals surface area contributed by atoms with Crippen molar-refractivity contribution >= 4 is 39.9 Å². The molecule has 1 N–H and O–H groups in total.